The number of amides is 2. The number of hydrogen-bond donors (Lipinski definition) is 1. The zero-order valence-corrected chi connectivity index (χ0v) is 12.5. The predicted molar refractivity (Wildman–Crippen MR) is 78.4 cm³/mol. The highest BCUT2D eigenvalue weighted by atomic mass is 35.5. The Morgan fingerprint density at radius 2 is 2.05 bits per heavy atom. The van der Waals surface area contributed by atoms with Crippen molar-refractivity contribution in [3.63, 3.8) is 0 Å². The second kappa shape index (κ2) is 7.58. The Hall–Kier alpha value is -2.15. The fraction of sp³-hybridized carbons (Fsp3) is 0.385. The van der Waals surface area contributed by atoms with Gasteiger partial charge in [0.25, 0.3) is 11.6 Å². The summed E-state index contributed by atoms with van der Waals surface area (Å²) >= 11 is 5.73. The number of benzene rings is 1. The van der Waals surface area contributed by atoms with Gasteiger partial charge in [0.1, 0.15) is 5.02 Å². The van der Waals surface area contributed by atoms with Crippen molar-refractivity contribution >= 4 is 29.1 Å². The number of carbonyl (C=O) groups excluding carboxylic acids is 2. The summed E-state index contributed by atoms with van der Waals surface area (Å²) in [5.74, 6) is -0.397. The lowest BCUT2D eigenvalue weighted by Crippen LogP contribution is -2.27. The fourth-order valence-corrected chi connectivity index (χ4v) is 1.81. The van der Waals surface area contributed by atoms with Crippen LogP contribution in [0.3, 0.4) is 0 Å². The Morgan fingerprint density at radius 3 is 2.57 bits per heavy atom. The molecule has 21 heavy (non-hydrogen) atoms. The largest absolute Gasteiger partial charge is 0.352 e. The van der Waals surface area contributed by atoms with E-state index in [4.69, 9.17) is 11.6 Å². The number of carbonyl (C=O) groups is 2. The van der Waals surface area contributed by atoms with Crippen molar-refractivity contribution in [1.82, 2.24) is 10.2 Å². The summed E-state index contributed by atoms with van der Waals surface area (Å²) in [7, 11) is 3.33. The maximum absolute atomic E-state index is 11.8. The minimum absolute atomic E-state index is 0.0115. The number of rotatable bonds is 6. The van der Waals surface area contributed by atoms with E-state index in [1.807, 2.05) is 0 Å². The molecule has 0 atom stereocenters. The summed E-state index contributed by atoms with van der Waals surface area (Å²) < 4.78 is 0. The van der Waals surface area contributed by atoms with E-state index < -0.39 is 4.92 Å². The lowest BCUT2D eigenvalue weighted by atomic mass is 10.2. The molecular weight excluding hydrogens is 298 g/mol. The second-order valence-electron chi connectivity index (χ2n) is 4.57. The van der Waals surface area contributed by atoms with E-state index in [2.05, 4.69) is 5.32 Å². The molecule has 0 aromatic heterocycles. The average molecular weight is 314 g/mol. The van der Waals surface area contributed by atoms with E-state index in [9.17, 15) is 19.7 Å². The van der Waals surface area contributed by atoms with Crippen molar-refractivity contribution in [2.75, 3.05) is 20.6 Å². The smallest absolute Gasteiger partial charge is 0.287 e. The number of nitrogens with zero attached hydrogens (tertiary/aromatic N) is 2. The maximum Gasteiger partial charge on any atom is 0.287 e. The average Bonchev–Trinajstić information content (AvgIpc) is 2.42. The van der Waals surface area contributed by atoms with E-state index in [1.165, 1.54) is 23.1 Å². The number of nitro benzene ring substituents is 1. The summed E-state index contributed by atoms with van der Waals surface area (Å²) in [6.45, 7) is 0.340. The molecule has 1 rings (SSSR count). The van der Waals surface area contributed by atoms with Crippen molar-refractivity contribution in [2.45, 2.75) is 12.8 Å². The Bertz CT molecular complexity index is 560. The topological polar surface area (TPSA) is 92.6 Å². The Kier molecular flexibility index (Phi) is 6.10. The molecule has 0 aliphatic heterocycles. The van der Waals surface area contributed by atoms with Crippen LogP contribution in [-0.2, 0) is 4.79 Å². The predicted octanol–water partition coefficient (Wildman–Crippen LogP) is 1.85. The van der Waals surface area contributed by atoms with Crippen LogP contribution >= 0.6 is 11.6 Å². The molecule has 0 saturated carbocycles. The normalized spacial score (nSPS) is 10.0. The molecule has 0 aliphatic carbocycles. The van der Waals surface area contributed by atoms with E-state index in [0.717, 1.165) is 0 Å². The molecule has 0 radical (unpaired) electrons. The van der Waals surface area contributed by atoms with Gasteiger partial charge < -0.3 is 10.2 Å². The Morgan fingerprint density at radius 1 is 1.38 bits per heavy atom. The SMILES string of the molecule is CN(C)C(=O)CCCNC(=O)c1ccc([N+](=O)[O-])c(Cl)c1. The van der Waals surface area contributed by atoms with Crippen LogP contribution in [0.1, 0.15) is 23.2 Å². The van der Waals surface area contributed by atoms with Crippen LogP contribution in [-0.4, -0.2) is 42.3 Å². The summed E-state index contributed by atoms with van der Waals surface area (Å²) in [6.07, 6.45) is 0.859. The van der Waals surface area contributed by atoms with Crippen molar-refractivity contribution in [1.29, 1.82) is 0 Å². The van der Waals surface area contributed by atoms with Gasteiger partial charge >= 0.3 is 0 Å². The van der Waals surface area contributed by atoms with E-state index in [1.54, 1.807) is 14.1 Å². The molecule has 0 saturated heterocycles. The Labute approximate surface area is 127 Å². The number of hydrogen-bond acceptors (Lipinski definition) is 4. The molecule has 7 nitrogen and oxygen atoms in total. The molecule has 0 heterocycles. The van der Waals surface area contributed by atoms with E-state index in [-0.39, 0.29) is 28.1 Å². The first kappa shape index (κ1) is 16.9. The van der Waals surface area contributed by atoms with E-state index in [0.29, 0.717) is 19.4 Å². The van der Waals surface area contributed by atoms with Crippen molar-refractivity contribution in [3.8, 4) is 0 Å². The highest BCUT2D eigenvalue weighted by molar-refractivity contribution is 6.33. The molecule has 8 heteroatoms. The molecule has 1 aromatic carbocycles. The molecule has 1 N–H and O–H groups in total. The van der Waals surface area contributed by atoms with Gasteiger partial charge in [-0.1, -0.05) is 11.6 Å². The summed E-state index contributed by atoms with van der Waals surface area (Å²) in [6, 6.07) is 3.77. The number of nitro groups is 1. The van der Waals surface area contributed by atoms with Gasteiger partial charge in [0, 0.05) is 38.7 Å². The van der Waals surface area contributed by atoms with Crippen molar-refractivity contribution in [2.24, 2.45) is 0 Å². The zero-order valence-electron chi connectivity index (χ0n) is 11.8. The molecule has 0 unspecified atom stereocenters. The highest BCUT2D eigenvalue weighted by Gasteiger charge is 2.15. The molecule has 0 bridgehead atoms. The van der Waals surface area contributed by atoms with Gasteiger partial charge in [-0.3, -0.25) is 19.7 Å². The van der Waals surface area contributed by atoms with Gasteiger partial charge in [0.15, 0.2) is 0 Å². The first-order valence-electron chi connectivity index (χ1n) is 6.25. The molecule has 0 spiro atoms. The lowest BCUT2D eigenvalue weighted by Gasteiger charge is -2.10. The molecular formula is C13H16ClN3O4. The van der Waals surface area contributed by atoms with Gasteiger partial charge in [-0.15, -0.1) is 0 Å². The van der Waals surface area contributed by atoms with Gasteiger partial charge in [0.2, 0.25) is 5.91 Å². The summed E-state index contributed by atoms with van der Waals surface area (Å²) in [5.41, 5.74) is -0.00525. The van der Waals surface area contributed by atoms with E-state index >= 15 is 0 Å². The number of halogens is 1. The monoisotopic (exact) mass is 313 g/mol. The van der Waals surface area contributed by atoms with Crippen LogP contribution in [0.25, 0.3) is 0 Å². The second-order valence-corrected chi connectivity index (χ2v) is 4.98. The van der Waals surface area contributed by atoms with Gasteiger partial charge in [0.05, 0.1) is 4.92 Å². The summed E-state index contributed by atoms with van der Waals surface area (Å²) in [4.78, 5) is 34.6. The minimum atomic E-state index is -0.614. The third-order valence-corrected chi connectivity index (χ3v) is 3.06. The lowest BCUT2D eigenvalue weighted by molar-refractivity contribution is -0.384. The quantitative estimate of drug-likeness (QED) is 0.493. The zero-order chi connectivity index (χ0) is 16.0. The standard InChI is InChI=1S/C13H16ClN3O4/c1-16(2)12(18)4-3-7-15-13(19)9-5-6-11(17(20)21)10(14)8-9/h5-6,8H,3-4,7H2,1-2H3,(H,15,19). The van der Waals surface area contributed by atoms with Gasteiger partial charge in [-0.2, -0.15) is 0 Å². The number of nitrogens with one attached hydrogen (secondary N) is 1. The maximum atomic E-state index is 11.8. The molecule has 2 amide bonds. The molecule has 1 aromatic rings. The van der Waals surface area contributed by atoms with Crippen LogP contribution < -0.4 is 5.32 Å². The van der Waals surface area contributed by atoms with Crippen LogP contribution in [0.5, 0.6) is 0 Å². The third-order valence-electron chi connectivity index (χ3n) is 2.76. The minimum Gasteiger partial charge on any atom is -0.352 e. The first-order valence-corrected chi connectivity index (χ1v) is 6.63. The molecule has 0 fully saturated rings. The fourth-order valence-electron chi connectivity index (χ4n) is 1.56. The van der Waals surface area contributed by atoms with Crippen LogP contribution in [0, 0.1) is 10.1 Å². The Balaban J connectivity index is 2.51. The molecule has 0 aliphatic rings. The first-order chi connectivity index (χ1) is 9.82. The summed E-state index contributed by atoms with van der Waals surface area (Å²) in [5, 5.41) is 13.2. The van der Waals surface area contributed by atoms with Crippen LogP contribution in [0.15, 0.2) is 18.2 Å². The van der Waals surface area contributed by atoms with Crippen LogP contribution in [0.2, 0.25) is 5.02 Å². The highest BCUT2D eigenvalue weighted by Crippen LogP contribution is 2.24. The molecule has 114 valence electrons. The van der Waals surface area contributed by atoms with Crippen molar-refractivity contribution < 1.29 is 14.5 Å². The van der Waals surface area contributed by atoms with Crippen molar-refractivity contribution in [3.05, 3.63) is 38.9 Å². The third kappa shape index (κ3) is 5.03. The van der Waals surface area contributed by atoms with Gasteiger partial charge in [-0.25, -0.2) is 0 Å². The van der Waals surface area contributed by atoms with Crippen LogP contribution in [0.4, 0.5) is 5.69 Å². The van der Waals surface area contributed by atoms with Gasteiger partial charge in [-0.05, 0) is 18.6 Å².